The van der Waals surface area contributed by atoms with Crippen LogP contribution in [0.1, 0.15) is 10.5 Å². The number of carbonyl (C=O) groups excluding carboxylic acids is 1. The number of hydrogen-bond donors (Lipinski definition) is 2. The summed E-state index contributed by atoms with van der Waals surface area (Å²) in [5, 5.41) is 8.80. The first-order valence-electron chi connectivity index (χ1n) is 5.23. The van der Waals surface area contributed by atoms with E-state index >= 15 is 0 Å². The Bertz CT molecular complexity index is 634. The fourth-order valence-corrected chi connectivity index (χ4v) is 2.04. The lowest BCUT2D eigenvalue weighted by Gasteiger charge is -2.10. The van der Waals surface area contributed by atoms with Crippen molar-refractivity contribution >= 4 is 43.5 Å². The summed E-state index contributed by atoms with van der Waals surface area (Å²) in [6.07, 6.45) is 0. The number of anilines is 1. The summed E-state index contributed by atoms with van der Waals surface area (Å²) >= 11 is 6.32. The number of nitrogens with zero attached hydrogens (tertiary/aromatic N) is 1. The second-order valence-electron chi connectivity index (χ2n) is 3.53. The van der Waals surface area contributed by atoms with Crippen molar-refractivity contribution in [1.29, 1.82) is 0 Å². The molecule has 1 aromatic carbocycles. The van der Waals surface area contributed by atoms with Gasteiger partial charge in [0.05, 0.1) is 10.2 Å². The van der Waals surface area contributed by atoms with Crippen molar-refractivity contribution in [3.8, 4) is 5.75 Å². The highest BCUT2D eigenvalue weighted by molar-refractivity contribution is 9.13. The number of aromatic amines is 1. The molecule has 0 saturated heterocycles. The lowest BCUT2D eigenvalue weighted by molar-refractivity contribution is -0.0493. The van der Waals surface area contributed by atoms with E-state index in [0.717, 1.165) is 0 Å². The molecular formula is C11H7Br2F2N3O2. The Balaban J connectivity index is 2.22. The molecule has 0 bridgehead atoms. The van der Waals surface area contributed by atoms with Crippen molar-refractivity contribution in [1.82, 2.24) is 10.2 Å². The molecule has 106 valence electrons. The van der Waals surface area contributed by atoms with Gasteiger partial charge in [0.15, 0.2) is 5.69 Å². The third-order valence-corrected chi connectivity index (χ3v) is 4.11. The Kier molecular flexibility index (Phi) is 4.71. The average Bonchev–Trinajstić information content (AvgIpc) is 2.72. The van der Waals surface area contributed by atoms with Crippen molar-refractivity contribution in [3.05, 3.63) is 39.0 Å². The lowest BCUT2D eigenvalue weighted by Crippen LogP contribution is -2.14. The van der Waals surface area contributed by atoms with Crippen LogP contribution in [0.25, 0.3) is 0 Å². The third kappa shape index (κ3) is 3.34. The van der Waals surface area contributed by atoms with Gasteiger partial charge in [0.25, 0.3) is 5.91 Å². The molecule has 1 aromatic heterocycles. The van der Waals surface area contributed by atoms with E-state index in [1.54, 1.807) is 6.07 Å². The summed E-state index contributed by atoms with van der Waals surface area (Å²) in [5.41, 5.74) is 0.215. The maximum Gasteiger partial charge on any atom is 0.387 e. The molecular weight excluding hydrogens is 404 g/mol. The number of H-pyrrole nitrogens is 1. The van der Waals surface area contributed by atoms with E-state index in [0.29, 0.717) is 9.08 Å². The fourth-order valence-electron chi connectivity index (χ4n) is 1.41. The maximum absolute atomic E-state index is 12.3. The second kappa shape index (κ2) is 6.31. The molecule has 0 fully saturated rings. The van der Waals surface area contributed by atoms with Gasteiger partial charge in [-0.05, 0) is 44.0 Å². The number of ether oxygens (including phenoxy) is 1. The fraction of sp³-hybridized carbons (Fsp3) is 0.0909. The topological polar surface area (TPSA) is 67.0 Å². The van der Waals surface area contributed by atoms with Crippen molar-refractivity contribution in [3.63, 3.8) is 0 Å². The predicted octanol–water partition coefficient (Wildman–Crippen LogP) is 3.79. The Morgan fingerprint density at radius 2 is 2.05 bits per heavy atom. The molecule has 2 aromatic rings. The van der Waals surface area contributed by atoms with Gasteiger partial charge >= 0.3 is 6.61 Å². The van der Waals surface area contributed by atoms with Crippen LogP contribution in [0.2, 0.25) is 0 Å². The molecule has 1 amide bonds. The van der Waals surface area contributed by atoms with E-state index in [9.17, 15) is 13.6 Å². The normalized spacial score (nSPS) is 10.7. The van der Waals surface area contributed by atoms with Crippen LogP contribution in [0.3, 0.4) is 0 Å². The lowest BCUT2D eigenvalue weighted by atomic mass is 10.3. The molecule has 0 aliphatic carbocycles. The molecule has 5 nitrogen and oxygen atoms in total. The molecule has 0 unspecified atom stereocenters. The van der Waals surface area contributed by atoms with Gasteiger partial charge < -0.3 is 10.1 Å². The highest BCUT2D eigenvalue weighted by atomic mass is 79.9. The van der Waals surface area contributed by atoms with Crippen LogP contribution in [0.4, 0.5) is 14.5 Å². The highest BCUT2D eigenvalue weighted by Crippen LogP contribution is 2.28. The number of aromatic nitrogens is 2. The summed E-state index contributed by atoms with van der Waals surface area (Å²) < 4.78 is 29.8. The number of rotatable bonds is 4. The van der Waals surface area contributed by atoms with E-state index in [-0.39, 0.29) is 17.1 Å². The van der Waals surface area contributed by atoms with Gasteiger partial charge in [0.2, 0.25) is 0 Å². The molecule has 0 radical (unpaired) electrons. The van der Waals surface area contributed by atoms with Crippen LogP contribution in [0, 0.1) is 0 Å². The zero-order chi connectivity index (χ0) is 14.7. The molecule has 0 aliphatic heterocycles. The number of hydrogen-bond acceptors (Lipinski definition) is 3. The van der Waals surface area contributed by atoms with E-state index in [4.69, 9.17) is 0 Å². The number of alkyl halides is 2. The Morgan fingerprint density at radius 3 is 2.65 bits per heavy atom. The number of halogens is 4. The molecule has 1 heterocycles. The first-order valence-corrected chi connectivity index (χ1v) is 6.82. The molecule has 2 N–H and O–H groups in total. The monoisotopic (exact) mass is 409 g/mol. The van der Waals surface area contributed by atoms with Gasteiger partial charge in [-0.2, -0.15) is 13.9 Å². The SMILES string of the molecule is O=C(Nc1ccccc1OC(F)F)c1n[nH]c(Br)c1Br. The van der Waals surface area contributed by atoms with Gasteiger partial charge in [-0.1, -0.05) is 12.1 Å². The van der Waals surface area contributed by atoms with Gasteiger partial charge in [-0.25, -0.2) is 0 Å². The average molecular weight is 411 g/mol. The van der Waals surface area contributed by atoms with Gasteiger partial charge in [0, 0.05) is 0 Å². The number of carbonyl (C=O) groups is 1. The first kappa shape index (κ1) is 14.9. The van der Waals surface area contributed by atoms with Crippen molar-refractivity contribution in [2.45, 2.75) is 6.61 Å². The number of amides is 1. The number of benzene rings is 1. The summed E-state index contributed by atoms with van der Waals surface area (Å²) in [6, 6.07) is 5.89. The minimum atomic E-state index is -2.97. The Labute approximate surface area is 129 Å². The summed E-state index contributed by atoms with van der Waals surface area (Å²) in [4.78, 5) is 12.0. The van der Waals surface area contributed by atoms with E-state index in [2.05, 4.69) is 52.1 Å². The van der Waals surface area contributed by atoms with E-state index < -0.39 is 12.5 Å². The first-order chi connectivity index (χ1) is 9.49. The van der Waals surface area contributed by atoms with E-state index in [1.165, 1.54) is 18.2 Å². The Hall–Kier alpha value is -1.48. The van der Waals surface area contributed by atoms with Crippen LogP contribution in [0.5, 0.6) is 5.75 Å². The van der Waals surface area contributed by atoms with Crippen molar-refractivity contribution in [2.75, 3.05) is 5.32 Å². The van der Waals surface area contributed by atoms with Crippen LogP contribution < -0.4 is 10.1 Å². The van der Waals surface area contributed by atoms with Gasteiger partial charge in [0.1, 0.15) is 10.4 Å². The molecule has 0 aliphatic rings. The van der Waals surface area contributed by atoms with Gasteiger partial charge in [-0.15, -0.1) is 0 Å². The zero-order valence-corrected chi connectivity index (χ0v) is 12.8. The zero-order valence-electron chi connectivity index (χ0n) is 9.66. The number of nitrogens with one attached hydrogen (secondary N) is 2. The predicted molar refractivity (Wildman–Crippen MR) is 75.0 cm³/mol. The van der Waals surface area contributed by atoms with Gasteiger partial charge in [-0.3, -0.25) is 9.89 Å². The minimum absolute atomic E-state index is 0.0868. The summed E-state index contributed by atoms with van der Waals surface area (Å²) in [7, 11) is 0. The molecule has 0 atom stereocenters. The third-order valence-electron chi connectivity index (χ3n) is 2.23. The van der Waals surface area contributed by atoms with Crippen LogP contribution in [-0.4, -0.2) is 22.7 Å². The quantitative estimate of drug-likeness (QED) is 0.805. The van der Waals surface area contributed by atoms with E-state index in [1.807, 2.05) is 0 Å². The Morgan fingerprint density at radius 1 is 1.35 bits per heavy atom. The largest absolute Gasteiger partial charge is 0.433 e. The van der Waals surface area contributed by atoms with Crippen molar-refractivity contribution in [2.24, 2.45) is 0 Å². The summed E-state index contributed by atoms with van der Waals surface area (Å²) in [5.74, 6) is -0.689. The van der Waals surface area contributed by atoms with Crippen LogP contribution in [0.15, 0.2) is 33.3 Å². The maximum atomic E-state index is 12.3. The van der Waals surface area contributed by atoms with Crippen LogP contribution in [-0.2, 0) is 0 Å². The minimum Gasteiger partial charge on any atom is -0.433 e. The highest BCUT2D eigenvalue weighted by Gasteiger charge is 2.18. The standard InChI is InChI=1S/C11H7Br2F2N3O2/c12-7-8(17-18-9(7)13)10(19)16-5-3-1-2-4-6(5)20-11(14)15/h1-4,11H,(H,16,19)(H,17,18). The van der Waals surface area contributed by atoms with Crippen LogP contribution >= 0.6 is 31.9 Å². The molecule has 2 rings (SSSR count). The molecule has 9 heteroatoms. The number of para-hydroxylation sites is 2. The summed E-state index contributed by atoms with van der Waals surface area (Å²) in [6.45, 7) is -2.97. The molecule has 0 saturated carbocycles. The molecule has 0 spiro atoms. The van der Waals surface area contributed by atoms with Crippen molar-refractivity contribution < 1.29 is 18.3 Å². The second-order valence-corrected chi connectivity index (χ2v) is 5.11. The molecule has 20 heavy (non-hydrogen) atoms. The smallest absolute Gasteiger partial charge is 0.387 e.